The molecular weight excluding hydrogens is 357 g/mol. The highest BCUT2D eigenvalue weighted by Crippen LogP contribution is 2.27. The van der Waals surface area contributed by atoms with Gasteiger partial charge in [0.25, 0.3) is 10.0 Å². The molecular formula is C15H17ClFN3O3S. The van der Waals surface area contributed by atoms with E-state index in [9.17, 15) is 12.8 Å². The first-order chi connectivity index (χ1) is 11.0. The zero-order valence-electron chi connectivity index (χ0n) is 12.9. The molecule has 1 aromatic heterocycles. The maximum absolute atomic E-state index is 13.4. The van der Waals surface area contributed by atoms with Gasteiger partial charge in [0.05, 0.1) is 19.0 Å². The average molecular weight is 374 g/mol. The van der Waals surface area contributed by atoms with Gasteiger partial charge in [-0.3, -0.25) is 9.71 Å². The first-order valence-electron chi connectivity index (χ1n) is 7.04. The van der Waals surface area contributed by atoms with Gasteiger partial charge in [-0.15, -0.1) is 12.4 Å². The van der Waals surface area contributed by atoms with Crippen LogP contribution in [-0.4, -0.2) is 27.1 Å². The van der Waals surface area contributed by atoms with Crippen molar-refractivity contribution in [1.82, 2.24) is 10.3 Å². The molecule has 24 heavy (non-hydrogen) atoms. The smallest absolute Gasteiger partial charge is 0.265 e. The lowest BCUT2D eigenvalue weighted by Gasteiger charge is -2.17. The summed E-state index contributed by atoms with van der Waals surface area (Å²) in [5.41, 5.74) is 2.23. The Labute approximate surface area is 145 Å². The Morgan fingerprint density at radius 2 is 2.12 bits per heavy atom. The van der Waals surface area contributed by atoms with Crippen molar-refractivity contribution in [2.45, 2.75) is 17.9 Å². The van der Waals surface area contributed by atoms with Crippen LogP contribution in [0, 0.1) is 5.82 Å². The van der Waals surface area contributed by atoms with Gasteiger partial charge in [-0.25, -0.2) is 12.8 Å². The minimum Gasteiger partial charge on any atom is -0.495 e. The number of sulfonamides is 1. The third-order valence-corrected chi connectivity index (χ3v) is 4.98. The summed E-state index contributed by atoms with van der Waals surface area (Å²) in [6.07, 6.45) is 2.27. The van der Waals surface area contributed by atoms with Crippen LogP contribution in [0.25, 0.3) is 0 Å². The SMILES string of the molecule is COc1ccc(F)cc1S(=O)(=O)Nc1cnc2c(c1)CNCC2.Cl. The van der Waals surface area contributed by atoms with Crippen LogP contribution in [0.4, 0.5) is 10.1 Å². The van der Waals surface area contributed by atoms with Crippen molar-refractivity contribution < 1.29 is 17.5 Å². The number of methoxy groups -OCH3 is 1. The Balaban J connectivity index is 0.00000208. The van der Waals surface area contributed by atoms with Crippen molar-refractivity contribution in [3.8, 4) is 5.75 Å². The number of rotatable bonds is 4. The number of nitrogens with zero attached hydrogens (tertiary/aromatic N) is 1. The van der Waals surface area contributed by atoms with E-state index in [0.29, 0.717) is 12.2 Å². The van der Waals surface area contributed by atoms with Crippen LogP contribution in [0.5, 0.6) is 5.75 Å². The second kappa shape index (κ2) is 7.33. The summed E-state index contributed by atoms with van der Waals surface area (Å²) >= 11 is 0. The molecule has 2 heterocycles. The normalized spacial score (nSPS) is 13.6. The lowest BCUT2D eigenvalue weighted by Crippen LogP contribution is -2.25. The number of hydrogen-bond donors (Lipinski definition) is 2. The minimum atomic E-state index is -3.98. The number of nitrogens with one attached hydrogen (secondary N) is 2. The number of ether oxygens (including phenoxy) is 1. The molecule has 2 aromatic rings. The second-order valence-electron chi connectivity index (χ2n) is 5.16. The van der Waals surface area contributed by atoms with E-state index in [2.05, 4.69) is 15.0 Å². The summed E-state index contributed by atoms with van der Waals surface area (Å²) in [6.45, 7) is 1.49. The highest BCUT2D eigenvalue weighted by molar-refractivity contribution is 7.92. The predicted molar refractivity (Wildman–Crippen MR) is 90.7 cm³/mol. The van der Waals surface area contributed by atoms with Gasteiger partial charge in [-0.05, 0) is 29.8 Å². The number of fused-ring (bicyclic) bond motifs is 1. The number of benzene rings is 1. The zero-order valence-corrected chi connectivity index (χ0v) is 14.5. The molecule has 0 atom stereocenters. The molecule has 9 heteroatoms. The Morgan fingerprint density at radius 3 is 2.88 bits per heavy atom. The maximum Gasteiger partial charge on any atom is 0.265 e. The third-order valence-electron chi connectivity index (χ3n) is 3.58. The summed E-state index contributed by atoms with van der Waals surface area (Å²) in [5, 5.41) is 3.20. The Bertz CT molecular complexity index is 846. The van der Waals surface area contributed by atoms with Gasteiger partial charge in [-0.2, -0.15) is 0 Å². The number of aromatic nitrogens is 1. The molecule has 1 aromatic carbocycles. The highest BCUT2D eigenvalue weighted by atomic mass is 35.5. The zero-order chi connectivity index (χ0) is 16.4. The number of hydrogen-bond acceptors (Lipinski definition) is 5. The van der Waals surface area contributed by atoms with Crippen LogP contribution in [0.2, 0.25) is 0 Å². The van der Waals surface area contributed by atoms with Gasteiger partial charge >= 0.3 is 0 Å². The highest BCUT2D eigenvalue weighted by Gasteiger charge is 2.21. The number of halogens is 2. The topological polar surface area (TPSA) is 80.3 Å². The molecule has 0 amide bonds. The fourth-order valence-electron chi connectivity index (χ4n) is 2.47. The van der Waals surface area contributed by atoms with Crippen LogP contribution < -0.4 is 14.8 Å². The van der Waals surface area contributed by atoms with E-state index in [1.807, 2.05) is 0 Å². The summed E-state index contributed by atoms with van der Waals surface area (Å²) in [6, 6.07) is 5.08. The van der Waals surface area contributed by atoms with Crippen LogP contribution in [0.15, 0.2) is 35.4 Å². The fraction of sp³-hybridized carbons (Fsp3) is 0.267. The monoisotopic (exact) mass is 373 g/mol. The lowest BCUT2D eigenvalue weighted by atomic mass is 10.1. The van der Waals surface area contributed by atoms with Crippen molar-refractivity contribution in [2.24, 2.45) is 0 Å². The van der Waals surface area contributed by atoms with Crippen LogP contribution in [-0.2, 0) is 23.0 Å². The van der Waals surface area contributed by atoms with Crippen LogP contribution >= 0.6 is 12.4 Å². The van der Waals surface area contributed by atoms with Gasteiger partial charge in [0.1, 0.15) is 16.5 Å². The largest absolute Gasteiger partial charge is 0.495 e. The van der Waals surface area contributed by atoms with E-state index in [0.717, 1.165) is 36.4 Å². The third kappa shape index (κ3) is 3.77. The van der Waals surface area contributed by atoms with Gasteiger partial charge in [-0.1, -0.05) is 0 Å². The summed E-state index contributed by atoms with van der Waals surface area (Å²) in [7, 11) is -2.65. The van der Waals surface area contributed by atoms with Gasteiger partial charge in [0, 0.05) is 25.2 Å². The molecule has 0 saturated carbocycles. The van der Waals surface area contributed by atoms with Crippen molar-refractivity contribution in [2.75, 3.05) is 18.4 Å². The molecule has 0 spiro atoms. The van der Waals surface area contributed by atoms with E-state index < -0.39 is 15.8 Å². The average Bonchev–Trinajstić information content (AvgIpc) is 2.54. The lowest BCUT2D eigenvalue weighted by molar-refractivity contribution is 0.401. The predicted octanol–water partition coefficient (Wildman–Crippen LogP) is 2.10. The minimum absolute atomic E-state index is 0. The Hall–Kier alpha value is -1.90. The fourth-order valence-corrected chi connectivity index (χ4v) is 3.69. The quantitative estimate of drug-likeness (QED) is 0.857. The van der Waals surface area contributed by atoms with E-state index in [4.69, 9.17) is 4.74 Å². The molecule has 0 radical (unpaired) electrons. The number of pyridine rings is 1. The molecule has 1 aliphatic heterocycles. The standard InChI is InChI=1S/C15H16FN3O3S.ClH/c1-22-14-3-2-11(16)7-15(14)23(20,21)19-12-6-10-8-17-5-4-13(10)18-9-12;/h2-3,6-7,9,17,19H,4-5,8H2,1H3;1H. The van der Waals surface area contributed by atoms with Crippen molar-refractivity contribution in [3.63, 3.8) is 0 Å². The Morgan fingerprint density at radius 1 is 1.33 bits per heavy atom. The Kier molecular flexibility index (Phi) is 5.63. The first-order valence-corrected chi connectivity index (χ1v) is 8.53. The van der Waals surface area contributed by atoms with Crippen LogP contribution in [0.1, 0.15) is 11.3 Å². The molecule has 0 saturated heterocycles. The summed E-state index contributed by atoms with van der Waals surface area (Å²) in [4.78, 5) is 4.03. The second-order valence-corrected chi connectivity index (χ2v) is 6.81. The molecule has 0 fully saturated rings. The van der Waals surface area contributed by atoms with Gasteiger partial charge in [0.15, 0.2) is 0 Å². The molecule has 3 rings (SSSR count). The molecule has 0 aliphatic carbocycles. The van der Waals surface area contributed by atoms with Crippen molar-refractivity contribution in [1.29, 1.82) is 0 Å². The van der Waals surface area contributed by atoms with Gasteiger partial charge < -0.3 is 10.1 Å². The van der Waals surface area contributed by atoms with E-state index >= 15 is 0 Å². The molecule has 6 nitrogen and oxygen atoms in total. The molecule has 0 unspecified atom stereocenters. The maximum atomic E-state index is 13.4. The molecule has 130 valence electrons. The van der Waals surface area contributed by atoms with Gasteiger partial charge in [0.2, 0.25) is 0 Å². The first kappa shape index (κ1) is 18.4. The summed E-state index contributed by atoms with van der Waals surface area (Å²) in [5.74, 6) is -0.578. The molecule has 0 bridgehead atoms. The molecule has 2 N–H and O–H groups in total. The van der Waals surface area contributed by atoms with Crippen molar-refractivity contribution in [3.05, 3.63) is 47.5 Å². The summed E-state index contributed by atoms with van der Waals surface area (Å²) < 4.78 is 45.8. The van der Waals surface area contributed by atoms with Crippen LogP contribution in [0.3, 0.4) is 0 Å². The van der Waals surface area contributed by atoms with E-state index in [-0.39, 0.29) is 23.1 Å². The van der Waals surface area contributed by atoms with Crippen molar-refractivity contribution >= 4 is 28.1 Å². The van der Waals surface area contributed by atoms with E-state index in [1.54, 1.807) is 6.07 Å². The van der Waals surface area contributed by atoms with E-state index in [1.165, 1.54) is 19.4 Å². The molecule has 1 aliphatic rings. The number of anilines is 1.